The lowest BCUT2D eigenvalue weighted by atomic mass is 10.2. The van der Waals surface area contributed by atoms with Gasteiger partial charge in [-0.3, -0.25) is 4.40 Å². The number of hydrogen-bond acceptors (Lipinski definition) is 6. The SMILES string of the molecule is CCCCNc1ccc(S(=O)(=O)N(CC)CC)cc1NCCn1nc2ccccn2c1=O. The molecule has 2 heterocycles. The van der Waals surface area contributed by atoms with Crippen molar-refractivity contribution in [3.05, 3.63) is 53.1 Å². The summed E-state index contributed by atoms with van der Waals surface area (Å²) in [6, 6.07) is 10.5. The second-order valence-corrected chi connectivity index (χ2v) is 9.38. The summed E-state index contributed by atoms with van der Waals surface area (Å²) in [5.74, 6) is 0. The first kappa shape index (κ1) is 23.8. The summed E-state index contributed by atoms with van der Waals surface area (Å²) in [5, 5.41) is 11.0. The first-order valence-electron chi connectivity index (χ1n) is 11.1. The van der Waals surface area contributed by atoms with E-state index in [1.54, 1.807) is 36.5 Å². The van der Waals surface area contributed by atoms with E-state index in [4.69, 9.17) is 0 Å². The molecule has 0 spiro atoms. The van der Waals surface area contributed by atoms with E-state index >= 15 is 0 Å². The van der Waals surface area contributed by atoms with Crippen LogP contribution in [-0.4, -0.2) is 53.1 Å². The van der Waals surface area contributed by atoms with E-state index in [2.05, 4.69) is 22.7 Å². The predicted octanol–water partition coefficient (Wildman–Crippen LogP) is 2.85. The van der Waals surface area contributed by atoms with Gasteiger partial charge in [-0.25, -0.2) is 17.9 Å². The highest BCUT2D eigenvalue weighted by Gasteiger charge is 2.22. The van der Waals surface area contributed by atoms with E-state index < -0.39 is 10.0 Å². The van der Waals surface area contributed by atoms with Gasteiger partial charge in [0.05, 0.1) is 22.8 Å². The molecule has 0 aliphatic rings. The molecule has 3 aromatic rings. The number of rotatable bonds is 12. The fourth-order valence-corrected chi connectivity index (χ4v) is 4.99. The molecule has 0 saturated carbocycles. The molecular formula is C22H32N6O3S. The minimum Gasteiger partial charge on any atom is -0.383 e. The first-order chi connectivity index (χ1) is 15.4. The third-order valence-corrected chi connectivity index (χ3v) is 7.35. The summed E-state index contributed by atoms with van der Waals surface area (Å²) in [5.41, 5.74) is 1.90. The Morgan fingerprint density at radius 2 is 1.75 bits per heavy atom. The molecule has 0 unspecified atom stereocenters. The highest BCUT2D eigenvalue weighted by atomic mass is 32.2. The number of aromatic nitrogens is 3. The molecule has 0 aliphatic heterocycles. The smallest absolute Gasteiger partial charge is 0.350 e. The maximum atomic E-state index is 13.0. The Kier molecular flexibility index (Phi) is 7.92. The molecule has 2 aromatic heterocycles. The maximum Gasteiger partial charge on any atom is 0.350 e. The molecule has 3 rings (SSSR count). The number of nitrogens with zero attached hydrogens (tertiary/aromatic N) is 4. The monoisotopic (exact) mass is 460 g/mol. The Hall–Kier alpha value is -2.85. The molecule has 0 bridgehead atoms. The molecule has 0 atom stereocenters. The maximum absolute atomic E-state index is 13.0. The number of benzene rings is 1. The van der Waals surface area contributed by atoms with Crippen LogP contribution in [0.2, 0.25) is 0 Å². The average molecular weight is 461 g/mol. The molecule has 1 aromatic carbocycles. The molecule has 0 amide bonds. The van der Waals surface area contributed by atoms with E-state index in [-0.39, 0.29) is 10.6 Å². The van der Waals surface area contributed by atoms with Crippen LogP contribution >= 0.6 is 0 Å². The van der Waals surface area contributed by atoms with Crippen molar-refractivity contribution in [3.63, 3.8) is 0 Å². The van der Waals surface area contributed by atoms with Crippen molar-refractivity contribution in [3.8, 4) is 0 Å². The molecule has 0 aliphatic carbocycles. The van der Waals surface area contributed by atoms with Gasteiger partial charge in [0, 0.05) is 32.4 Å². The summed E-state index contributed by atoms with van der Waals surface area (Å²) in [6.45, 7) is 8.15. The predicted molar refractivity (Wildman–Crippen MR) is 128 cm³/mol. The first-order valence-corrected chi connectivity index (χ1v) is 12.5. The Balaban J connectivity index is 1.82. The Labute approximate surface area is 189 Å². The van der Waals surface area contributed by atoms with E-state index in [9.17, 15) is 13.2 Å². The van der Waals surface area contributed by atoms with E-state index in [0.29, 0.717) is 37.5 Å². The van der Waals surface area contributed by atoms with Crippen molar-refractivity contribution in [2.45, 2.75) is 45.1 Å². The summed E-state index contributed by atoms with van der Waals surface area (Å²) in [6.07, 6.45) is 3.75. The number of unbranched alkanes of at least 4 members (excludes halogenated alkanes) is 1. The van der Waals surface area contributed by atoms with Crippen LogP contribution in [0.1, 0.15) is 33.6 Å². The van der Waals surface area contributed by atoms with Gasteiger partial charge in [-0.2, -0.15) is 4.31 Å². The second kappa shape index (κ2) is 10.6. The average Bonchev–Trinajstić information content (AvgIpc) is 3.11. The quantitative estimate of drug-likeness (QED) is 0.403. The van der Waals surface area contributed by atoms with Gasteiger partial charge in [-0.15, -0.1) is 5.10 Å². The van der Waals surface area contributed by atoms with Gasteiger partial charge in [-0.1, -0.05) is 33.3 Å². The van der Waals surface area contributed by atoms with E-state index in [1.165, 1.54) is 13.4 Å². The van der Waals surface area contributed by atoms with Gasteiger partial charge in [0.25, 0.3) is 0 Å². The number of sulfonamides is 1. The van der Waals surface area contributed by atoms with Crippen LogP contribution in [0.25, 0.3) is 5.65 Å². The van der Waals surface area contributed by atoms with Crippen LogP contribution in [0.5, 0.6) is 0 Å². The van der Waals surface area contributed by atoms with Crippen LogP contribution in [0, 0.1) is 0 Å². The van der Waals surface area contributed by atoms with Crippen molar-refractivity contribution in [1.82, 2.24) is 18.5 Å². The zero-order valence-corrected chi connectivity index (χ0v) is 19.7. The topological polar surface area (TPSA) is 101 Å². The highest BCUT2D eigenvalue weighted by Crippen LogP contribution is 2.27. The van der Waals surface area contributed by atoms with Crippen LogP contribution in [0.4, 0.5) is 11.4 Å². The largest absolute Gasteiger partial charge is 0.383 e. The van der Waals surface area contributed by atoms with Gasteiger partial charge < -0.3 is 10.6 Å². The normalized spacial score (nSPS) is 11.9. The Morgan fingerprint density at radius 3 is 2.44 bits per heavy atom. The van der Waals surface area contributed by atoms with Crippen molar-refractivity contribution in [1.29, 1.82) is 0 Å². The molecular weight excluding hydrogens is 428 g/mol. The fraction of sp³-hybridized carbons (Fsp3) is 0.455. The lowest BCUT2D eigenvalue weighted by Gasteiger charge is -2.20. The third-order valence-electron chi connectivity index (χ3n) is 5.31. The molecule has 174 valence electrons. The lowest BCUT2D eigenvalue weighted by Crippen LogP contribution is -2.30. The molecule has 10 heteroatoms. The van der Waals surface area contributed by atoms with E-state index in [1.807, 2.05) is 19.9 Å². The summed E-state index contributed by atoms with van der Waals surface area (Å²) >= 11 is 0. The fourth-order valence-electron chi connectivity index (χ4n) is 3.51. The molecule has 0 fully saturated rings. The molecule has 9 nitrogen and oxygen atoms in total. The van der Waals surface area contributed by atoms with Crippen LogP contribution < -0.4 is 16.3 Å². The molecule has 0 saturated heterocycles. The number of nitrogens with one attached hydrogen (secondary N) is 2. The minimum atomic E-state index is -3.57. The summed E-state index contributed by atoms with van der Waals surface area (Å²) in [7, 11) is -3.57. The van der Waals surface area contributed by atoms with Crippen molar-refractivity contribution in [2.24, 2.45) is 0 Å². The minimum absolute atomic E-state index is 0.207. The Morgan fingerprint density at radius 1 is 1.00 bits per heavy atom. The summed E-state index contributed by atoms with van der Waals surface area (Å²) in [4.78, 5) is 12.7. The third kappa shape index (κ3) is 5.13. The standard InChI is InChI=1S/C22H32N6O3S/c1-4-7-13-23-19-12-11-18(32(30,31)26(5-2)6-3)17-20(19)24-14-16-28-22(29)27-15-9-8-10-21(27)25-28/h8-12,15,17,23-24H,4-7,13-14,16H2,1-3H3. The van der Waals surface area contributed by atoms with Crippen LogP contribution in [0.15, 0.2) is 52.3 Å². The molecule has 32 heavy (non-hydrogen) atoms. The number of hydrogen-bond donors (Lipinski definition) is 2. The van der Waals surface area contributed by atoms with Crippen molar-refractivity contribution >= 4 is 27.0 Å². The molecule has 0 radical (unpaired) electrons. The Bertz CT molecular complexity index is 1200. The number of fused-ring (bicyclic) bond motifs is 1. The summed E-state index contributed by atoms with van der Waals surface area (Å²) < 4.78 is 30.3. The number of pyridine rings is 1. The van der Waals surface area contributed by atoms with Gasteiger partial charge in [0.1, 0.15) is 0 Å². The van der Waals surface area contributed by atoms with Crippen molar-refractivity contribution < 1.29 is 8.42 Å². The zero-order chi connectivity index (χ0) is 23.1. The van der Waals surface area contributed by atoms with Crippen LogP contribution in [0.3, 0.4) is 0 Å². The van der Waals surface area contributed by atoms with Gasteiger partial charge >= 0.3 is 5.69 Å². The van der Waals surface area contributed by atoms with Gasteiger partial charge in [0.15, 0.2) is 5.65 Å². The van der Waals surface area contributed by atoms with Gasteiger partial charge in [-0.05, 0) is 36.8 Å². The molecule has 2 N–H and O–H groups in total. The second-order valence-electron chi connectivity index (χ2n) is 7.44. The lowest BCUT2D eigenvalue weighted by molar-refractivity contribution is 0.445. The van der Waals surface area contributed by atoms with Gasteiger partial charge in [0.2, 0.25) is 10.0 Å². The van der Waals surface area contributed by atoms with Crippen molar-refractivity contribution in [2.75, 3.05) is 36.8 Å². The van der Waals surface area contributed by atoms with E-state index in [0.717, 1.165) is 25.1 Å². The zero-order valence-electron chi connectivity index (χ0n) is 18.9. The van der Waals surface area contributed by atoms with Crippen LogP contribution in [-0.2, 0) is 16.6 Å². The number of anilines is 2. The highest BCUT2D eigenvalue weighted by molar-refractivity contribution is 7.89.